The molecule has 29 heavy (non-hydrogen) atoms. The monoisotopic (exact) mass is 409 g/mol. The van der Waals surface area contributed by atoms with Gasteiger partial charge in [0.15, 0.2) is 0 Å². The van der Waals surface area contributed by atoms with E-state index in [1.807, 2.05) is 24.3 Å². The molecule has 3 N–H and O–H groups in total. The number of amides is 1. The molecular weight excluding hydrogens is 387 g/mol. The number of carbonyl (C=O) groups is 1. The average Bonchev–Trinajstić information content (AvgIpc) is 2.68. The van der Waals surface area contributed by atoms with Crippen molar-refractivity contribution in [2.24, 2.45) is 0 Å². The number of rotatable bonds is 6. The second-order valence-electron chi connectivity index (χ2n) is 6.71. The number of ether oxygens (including phenoxy) is 1. The minimum absolute atomic E-state index is 0.00567. The molecule has 1 amide bonds. The predicted octanol–water partition coefficient (Wildman–Crippen LogP) is 3.60. The Kier molecular flexibility index (Phi) is 6.48. The maximum Gasteiger partial charge on any atom is 0.573 e. The van der Waals surface area contributed by atoms with Crippen LogP contribution in [0, 0.1) is 0 Å². The van der Waals surface area contributed by atoms with Crippen LogP contribution >= 0.6 is 0 Å². The molecule has 156 valence electrons. The third kappa shape index (κ3) is 6.28. The van der Waals surface area contributed by atoms with E-state index in [1.54, 1.807) is 0 Å². The van der Waals surface area contributed by atoms with Gasteiger partial charge in [-0.25, -0.2) is 0 Å². The fourth-order valence-electron chi connectivity index (χ4n) is 3.13. The van der Waals surface area contributed by atoms with Crippen LogP contribution in [0.15, 0.2) is 48.5 Å². The first-order valence-electron chi connectivity index (χ1n) is 9.22. The van der Waals surface area contributed by atoms with Crippen LogP contribution in [0.5, 0.6) is 5.75 Å². The van der Waals surface area contributed by atoms with Crippen molar-refractivity contribution in [3.63, 3.8) is 0 Å². The molecule has 0 radical (unpaired) electrons. The fourth-order valence-corrected chi connectivity index (χ4v) is 3.13. The van der Waals surface area contributed by atoms with Crippen LogP contribution < -0.4 is 20.3 Å². The zero-order valence-electron chi connectivity index (χ0n) is 15.6. The number of para-hydroxylation sites is 2. The quantitative estimate of drug-likeness (QED) is 0.680. The van der Waals surface area contributed by atoms with Gasteiger partial charge in [-0.2, -0.15) is 0 Å². The van der Waals surface area contributed by atoms with E-state index in [0.717, 1.165) is 36.6 Å². The molecule has 1 heterocycles. The predicted molar refractivity (Wildman–Crippen MR) is 104 cm³/mol. The largest absolute Gasteiger partial charge is 0.573 e. The van der Waals surface area contributed by atoms with E-state index >= 15 is 0 Å². The van der Waals surface area contributed by atoms with Gasteiger partial charge >= 0.3 is 6.36 Å². The van der Waals surface area contributed by atoms with E-state index in [1.165, 1.54) is 12.1 Å². The Balaban J connectivity index is 1.55. The molecule has 2 aromatic carbocycles. The minimum Gasteiger partial charge on any atom is -0.406 e. The Morgan fingerprint density at radius 1 is 1.10 bits per heavy atom. The Hall–Kier alpha value is -2.94. The van der Waals surface area contributed by atoms with Gasteiger partial charge in [-0.15, -0.1) is 13.2 Å². The summed E-state index contributed by atoms with van der Waals surface area (Å²) in [4.78, 5) is 14.4. The molecule has 0 spiro atoms. The number of hydrogen-bond acceptors (Lipinski definition) is 5. The summed E-state index contributed by atoms with van der Waals surface area (Å²) in [5, 5.41) is 15.4. The molecule has 6 nitrogen and oxygen atoms in total. The molecule has 9 heteroatoms. The molecule has 3 rings (SSSR count). The number of piperidine rings is 1. The lowest BCUT2D eigenvalue weighted by atomic mass is 10.1. The Morgan fingerprint density at radius 2 is 1.76 bits per heavy atom. The highest BCUT2D eigenvalue weighted by atomic mass is 19.4. The molecule has 0 aliphatic carbocycles. The molecule has 0 unspecified atom stereocenters. The van der Waals surface area contributed by atoms with Crippen molar-refractivity contribution in [3.05, 3.63) is 48.5 Å². The number of anilines is 3. The SMILES string of the molecule is O=C(CNc1ccccc1N1CCC(O)CC1)Nc1ccc(OC(F)(F)F)cc1. The van der Waals surface area contributed by atoms with Crippen molar-refractivity contribution in [1.82, 2.24) is 0 Å². The number of aliphatic hydroxyl groups excluding tert-OH is 1. The fraction of sp³-hybridized carbons (Fsp3) is 0.350. The number of hydrogen-bond donors (Lipinski definition) is 3. The Labute approximate surface area is 166 Å². The van der Waals surface area contributed by atoms with Gasteiger partial charge in [0.2, 0.25) is 5.91 Å². The maximum absolute atomic E-state index is 12.2. The maximum atomic E-state index is 12.2. The van der Waals surface area contributed by atoms with Gasteiger partial charge < -0.3 is 25.4 Å². The summed E-state index contributed by atoms with van der Waals surface area (Å²) in [7, 11) is 0. The number of nitrogens with one attached hydrogen (secondary N) is 2. The number of halogens is 3. The van der Waals surface area contributed by atoms with Crippen LogP contribution in [0.3, 0.4) is 0 Å². The zero-order valence-corrected chi connectivity index (χ0v) is 15.6. The van der Waals surface area contributed by atoms with Crippen molar-refractivity contribution in [3.8, 4) is 5.75 Å². The number of nitrogens with zero attached hydrogens (tertiary/aromatic N) is 1. The summed E-state index contributed by atoms with van der Waals surface area (Å²) in [6, 6.07) is 12.6. The van der Waals surface area contributed by atoms with E-state index in [2.05, 4.69) is 20.3 Å². The molecule has 0 atom stereocenters. The lowest BCUT2D eigenvalue weighted by Gasteiger charge is -2.32. The van der Waals surface area contributed by atoms with E-state index < -0.39 is 6.36 Å². The molecule has 0 bridgehead atoms. The van der Waals surface area contributed by atoms with Crippen LogP contribution in [0.2, 0.25) is 0 Å². The first-order chi connectivity index (χ1) is 13.8. The normalized spacial score (nSPS) is 15.1. The summed E-state index contributed by atoms with van der Waals surface area (Å²) in [5.41, 5.74) is 2.12. The van der Waals surface area contributed by atoms with Gasteiger partial charge in [0, 0.05) is 18.8 Å². The molecule has 1 aliphatic rings. The van der Waals surface area contributed by atoms with Gasteiger partial charge in [0.1, 0.15) is 5.75 Å². The second kappa shape index (κ2) is 9.04. The molecule has 2 aromatic rings. The lowest BCUT2D eigenvalue weighted by Crippen LogP contribution is -2.36. The van der Waals surface area contributed by atoms with Crippen LogP contribution in [0.1, 0.15) is 12.8 Å². The highest BCUT2D eigenvalue weighted by Gasteiger charge is 2.31. The second-order valence-corrected chi connectivity index (χ2v) is 6.71. The first kappa shape index (κ1) is 20.8. The van der Waals surface area contributed by atoms with Gasteiger partial charge in [-0.3, -0.25) is 4.79 Å². The van der Waals surface area contributed by atoms with Gasteiger partial charge in [-0.05, 0) is 49.2 Å². The molecule has 0 aromatic heterocycles. The van der Waals surface area contributed by atoms with E-state index in [4.69, 9.17) is 0 Å². The van der Waals surface area contributed by atoms with Gasteiger partial charge in [0.05, 0.1) is 24.0 Å². The van der Waals surface area contributed by atoms with Crippen molar-refractivity contribution in [1.29, 1.82) is 0 Å². The van der Waals surface area contributed by atoms with Crippen LogP contribution in [-0.4, -0.2) is 43.1 Å². The Bertz CT molecular complexity index is 820. The van der Waals surface area contributed by atoms with Crippen LogP contribution in [0.4, 0.5) is 30.2 Å². The third-order valence-corrected chi connectivity index (χ3v) is 4.52. The first-order valence-corrected chi connectivity index (χ1v) is 9.22. The number of alkyl halides is 3. The lowest BCUT2D eigenvalue weighted by molar-refractivity contribution is -0.274. The van der Waals surface area contributed by atoms with E-state index in [-0.39, 0.29) is 24.3 Å². The minimum atomic E-state index is -4.76. The number of benzene rings is 2. The summed E-state index contributed by atoms with van der Waals surface area (Å²) in [5.74, 6) is -0.687. The third-order valence-electron chi connectivity index (χ3n) is 4.52. The van der Waals surface area contributed by atoms with Crippen LogP contribution in [-0.2, 0) is 4.79 Å². The summed E-state index contributed by atoms with van der Waals surface area (Å²) < 4.78 is 40.4. The van der Waals surface area contributed by atoms with Gasteiger partial charge in [0.25, 0.3) is 0 Å². The molecular formula is C20H22F3N3O3. The summed E-state index contributed by atoms with van der Waals surface area (Å²) >= 11 is 0. The number of aliphatic hydroxyl groups is 1. The topological polar surface area (TPSA) is 73.8 Å². The Morgan fingerprint density at radius 3 is 2.41 bits per heavy atom. The molecule has 1 fully saturated rings. The molecule has 1 saturated heterocycles. The van der Waals surface area contributed by atoms with E-state index in [0.29, 0.717) is 18.5 Å². The van der Waals surface area contributed by atoms with Gasteiger partial charge in [-0.1, -0.05) is 12.1 Å². The number of carbonyl (C=O) groups excluding carboxylic acids is 1. The van der Waals surface area contributed by atoms with Crippen molar-refractivity contribution in [2.45, 2.75) is 25.3 Å². The zero-order chi connectivity index (χ0) is 20.9. The van der Waals surface area contributed by atoms with Crippen molar-refractivity contribution >= 4 is 23.0 Å². The highest BCUT2D eigenvalue weighted by molar-refractivity contribution is 5.94. The molecule has 1 aliphatic heterocycles. The summed E-state index contributed by atoms with van der Waals surface area (Å²) in [6.07, 6.45) is -3.63. The highest BCUT2D eigenvalue weighted by Crippen LogP contribution is 2.28. The smallest absolute Gasteiger partial charge is 0.406 e. The molecule has 0 saturated carbocycles. The van der Waals surface area contributed by atoms with E-state index in [9.17, 15) is 23.1 Å². The standard InChI is InChI=1S/C20H22F3N3O3/c21-20(22,23)29-16-7-5-14(6-8-16)25-19(28)13-24-17-3-1-2-4-18(17)26-11-9-15(27)10-12-26/h1-8,15,24,27H,9-13H2,(H,25,28). The van der Waals surface area contributed by atoms with Crippen LogP contribution in [0.25, 0.3) is 0 Å². The van der Waals surface area contributed by atoms with Crippen molar-refractivity contribution < 1.29 is 27.8 Å². The van der Waals surface area contributed by atoms with Crippen molar-refractivity contribution in [2.75, 3.05) is 35.2 Å². The average molecular weight is 409 g/mol. The summed E-state index contributed by atoms with van der Waals surface area (Å²) in [6.45, 7) is 1.46.